The standard InChI is InChI=1S/C25H26O4/c26-22(15-19(25(27)28)10-6-9-17-7-2-1-3-8-17)18-13-14-21-20-11-4-5-12-23(20)29-24(21)16-18/h1-5,7-8,11-12,18-19H,6,9-10,13-16H2,(H,27,28). The molecule has 1 heterocycles. The van der Waals surface area contributed by atoms with Gasteiger partial charge in [0.05, 0.1) is 5.92 Å². The van der Waals surface area contributed by atoms with Gasteiger partial charge in [-0.3, -0.25) is 9.59 Å². The molecule has 1 aliphatic carbocycles. The van der Waals surface area contributed by atoms with Crippen LogP contribution >= 0.6 is 0 Å². The Morgan fingerprint density at radius 2 is 1.83 bits per heavy atom. The fourth-order valence-electron chi connectivity index (χ4n) is 4.43. The molecule has 1 aromatic heterocycles. The summed E-state index contributed by atoms with van der Waals surface area (Å²) in [5.74, 6) is -0.663. The van der Waals surface area contributed by atoms with Gasteiger partial charge in [-0.15, -0.1) is 0 Å². The summed E-state index contributed by atoms with van der Waals surface area (Å²) in [7, 11) is 0. The molecule has 4 heteroatoms. The predicted octanol–water partition coefficient (Wildman–Crippen LogP) is 5.22. The quantitative estimate of drug-likeness (QED) is 0.572. The second-order valence-electron chi connectivity index (χ2n) is 8.02. The van der Waals surface area contributed by atoms with Gasteiger partial charge in [0.25, 0.3) is 0 Å². The van der Waals surface area contributed by atoms with Gasteiger partial charge >= 0.3 is 5.97 Å². The molecule has 150 valence electrons. The number of carboxylic acid groups (broad SMARTS) is 1. The van der Waals surface area contributed by atoms with Crippen LogP contribution in [0.1, 0.15) is 42.6 Å². The van der Waals surface area contributed by atoms with E-state index < -0.39 is 11.9 Å². The van der Waals surface area contributed by atoms with Crippen LogP contribution in [-0.2, 0) is 28.9 Å². The Labute approximate surface area is 170 Å². The number of hydrogen-bond donors (Lipinski definition) is 1. The van der Waals surface area contributed by atoms with Crippen LogP contribution in [0.4, 0.5) is 0 Å². The van der Waals surface area contributed by atoms with E-state index in [0.29, 0.717) is 12.8 Å². The Morgan fingerprint density at radius 3 is 2.62 bits per heavy atom. The summed E-state index contributed by atoms with van der Waals surface area (Å²) in [6, 6.07) is 18.0. The number of furan rings is 1. The largest absolute Gasteiger partial charge is 0.481 e. The molecule has 1 N–H and O–H groups in total. The molecule has 2 atom stereocenters. The molecule has 29 heavy (non-hydrogen) atoms. The Balaban J connectivity index is 1.36. The molecule has 0 aliphatic heterocycles. The zero-order valence-corrected chi connectivity index (χ0v) is 16.5. The van der Waals surface area contributed by atoms with Gasteiger partial charge in [-0.1, -0.05) is 48.5 Å². The van der Waals surface area contributed by atoms with Crippen LogP contribution in [0.25, 0.3) is 11.0 Å². The second-order valence-corrected chi connectivity index (χ2v) is 8.02. The van der Waals surface area contributed by atoms with Crippen molar-refractivity contribution in [1.82, 2.24) is 0 Å². The molecule has 0 saturated carbocycles. The highest BCUT2D eigenvalue weighted by atomic mass is 16.4. The summed E-state index contributed by atoms with van der Waals surface area (Å²) in [5, 5.41) is 10.7. The smallest absolute Gasteiger partial charge is 0.306 e. The number of carbonyl (C=O) groups is 2. The lowest BCUT2D eigenvalue weighted by atomic mass is 9.81. The molecule has 0 radical (unpaired) electrons. The van der Waals surface area contributed by atoms with Gasteiger partial charge in [0.15, 0.2) is 0 Å². The van der Waals surface area contributed by atoms with E-state index in [1.54, 1.807) is 0 Å². The highest BCUT2D eigenvalue weighted by Crippen LogP contribution is 2.35. The number of para-hydroxylation sites is 1. The number of hydrogen-bond acceptors (Lipinski definition) is 3. The number of ketones is 1. The molecule has 0 fully saturated rings. The Kier molecular flexibility index (Phi) is 5.79. The number of aryl methyl sites for hydroxylation is 2. The number of carboxylic acids is 1. The third-order valence-electron chi connectivity index (χ3n) is 6.07. The third kappa shape index (κ3) is 4.42. The van der Waals surface area contributed by atoms with Crippen molar-refractivity contribution in [2.45, 2.75) is 44.9 Å². The predicted molar refractivity (Wildman–Crippen MR) is 112 cm³/mol. The summed E-state index contributed by atoms with van der Waals surface area (Å²) in [6.07, 6.45) is 4.42. The normalized spacial score (nSPS) is 17.0. The average molecular weight is 390 g/mol. The van der Waals surface area contributed by atoms with Crippen molar-refractivity contribution in [1.29, 1.82) is 0 Å². The molecule has 4 nitrogen and oxygen atoms in total. The number of Topliss-reactive ketones (excluding diaryl/α,β-unsaturated/α-hetero) is 1. The number of carbonyl (C=O) groups excluding carboxylic acids is 1. The minimum atomic E-state index is -0.869. The Hall–Kier alpha value is -2.88. The lowest BCUT2D eigenvalue weighted by Crippen LogP contribution is -2.26. The molecule has 2 unspecified atom stereocenters. The fourth-order valence-corrected chi connectivity index (χ4v) is 4.43. The van der Waals surface area contributed by atoms with Crippen LogP contribution in [0, 0.1) is 11.8 Å². The van der Waals surface area contributed by atoms with E-state index in [0.717, 1.165) is 42.4 Å². The third-order valence-corrected chi connectivity index (χ3v) is 6.07. The zero-order chi connectivity index (χ0) is 20.2. The van der Waals surface area contributed by atoms with Crippen LogP contribution in [0.3, 0.4) is 0 Å². The van der Waals surface area contributed by atoms with Crippen molar-refractivity contribution in [3.8, 4) is 0 Å². The van der Waals surface area contributed by atoms with Crippen molar-refractivity contribution >= 4 is 22.7 Å². The molecule has 0 spiro atoms. The van der Waals surface area contributed by atoms with Crippen molar-refractivity contribution in [3.63, 3.8) is 0 Å². The van der Waals surface area contributed by atoms with Gasteiger partial charge in [-0.05, 0) is 43.7 Å². The van der Waals surface area contributed by atoms with Gasteiger partial charge in [0.2, 0.25) is 0 Å². The number of benzene rings is 2. The summed E-state index contributed by atoms with van der Waals surface area (Å²) < 4.78 is 5.97. The number of aliphatic carboxylic acids is 1. The first-order valence-corrected chi connectivity index (χ1v) is 10.4. The molecular formula is C25H26O4. The molecule has 0 amide bonds. The molecule has 0 bridgehead atoms. The average Bonchev–Trinajstić information content (AvgIpc) is 3.11. The lowest BCUT2D eigenvalue weighted by molar-refractivity contribution is -0.144. The monoisotopic (exact) mass is 390 g/mol. The molecule has 0 saturated heterocycles. The highest BCUT2D eigenvalue weighted by Gasteiger charge is 2.31. The second kappa shape index (κ2) is 8.64. The summed E-state index contributed by atoms with van der Waals surface area (Å²) in [6.45, 7) is 0. The van der Waals surface area contributed by atoms with Crippen LogP contribution in [0.5, 0.6) is 0 Å². The van der Waals surface area contributed by atoms with Crippen LogP contribution in [0.15, 0.2) is 59.0 Å². The van der Waals surface area contributed by atoms with E-state index in [1.807, 2.05) is 48.5 Å². The van der Waals surface area contributed by atoms with E-state index in [-0.39, 0.29) is 18.1 Å². The maximum absolute atomic E-state index is 12.9. The molecule has 1 aliphatic rings. The first-order valence-electron chi connectivity index (χ1n) is 10.4. The topological polar surface area (TPSA) is 67.5 Å². The number of fused-ring (bicyclic) bond motifs is 3. The summed E-state index contributed by atoms with van der Waals surface area (Å²) >= 11 is 0. The lowest BCUT2D eigenvalue weighted by Gasteiger charge is -2.22. The van der Waals surface area contributed by atoms with Crippen LogP contribution < -0.4 is 0 Å². The van der Waals surface area contributed by atoms with Gasteiger partial charge in [-0.2, -0.15) is 0 Å². The SMILES string of the molecule is O=C(O)C(CCCc1ccccc1)CC(=O)C1CCc2c(oc3ccccc23)C1. The van der Waals surface area contributed by atoms with Crippen LogP contribution in [-0.4, -0.2) is 16.9 Å². The first-order chi connectivity index (χ1) is 14.1. The van der Waals surface area contributed by atoms with Crippen molar-refractivity contribution in [3.05, 3.63) is 71.5 Å². The summed E-state index contributed by atoms with van der Waals surface area (Å²) in [4.78, 5) is 24.6. The van der Waals surface area contributed by atoms with E-state index in [2.05, 4.69) is 6.07 Å². The minimum Gasteiger partial charge on any atom is -0.481 e. The fraction of sp³-hybridized carbons (Fsp3) is 0.360. The van der Waals surface area contributed by atoms with E-state index >= 15 is 0 Å². The molecule has 2 aromatic carbocycles. The summed E-state index contributed by atoms with van der Waals surface area (Å²) in [5.41, 5.74) is 3.28. The van der Waals surface area contributed by atoms with Gasteiger partial charge in [0.1, 0.15) is 17.1 Å². The van der Waals surface area contributed by atoms with Crippen molar-refractivity contribution in [2.24, 2.45) is 11.8 Å². The highest BCUT2D eigenvalue weighted by molar-refractivity contribution is 5.87. The first kappa shape index (κ1) is 19.4. The zero-order valence-electron chi connectivity index (χ0n) is 16.5. The molecule has 4 rings (SSSR count). The van der Waals surface area contributed by atoms with Gasteiger partial charge in [-0.25, -0.2) is 0 Å². The molecular weight excluding hydrogens is 364 g/mol. The minimum absolute atomic E-state index is 0.0585. The Bertz CT molecular complexity index is 1000. The van der Waals surface area contributed by atoms with E-state index in [4.69, 9.17) is 4.42 Å². The van der Waals surface area contributed by atoms with Crippen molar-refractivity contribution < 1.29 is 19.1 Å². The van der Waals surface area contributed by atoms with Crippen LogP contribution in [0.2, 0.25) is 0 Å². The van der Waals surface area contributed by atoms with Gasteiger partial charge in [0, 0.05) is 29.7 Å². The number of rotatable bonds is 8. The van der Waals surface area contributed by atoms with E-state index in [1.165, 1.54) is 11.1 Å². The van der Waals surface area contributed by atoms with Gasteiger partial charge < -0.3 is 9.52 Å². The van der Waals surface area contributed by atoms with Crippen molar-refractivity contribution in [2.75, 3.05) is 0 Å². The van der Waals surface area contributed by atoms with E-state index in [9.17, 15) is 14.7 Å². The Morgan fingerprint density at radius 1 is 1.07 bits per heavy atom. The molecule has 3 aromatic rings. The maximum atomic E-state index is 12.9. The maximum Gasteiger partial charge on any atom is 0.306 e.